The molecule has 246 valence electrons. The van der Waals surface area contributed by atoms with Crippen molar-refractivity contribution in [3.63, 3.8) is 0 Å². The number of para-hydroxylation sites is 3. The fourth-order valence-electron chi connectivity index (χ4n) is 7.70. The number of hydrogen-bond donors (Lipinski definition) is 2. The Morgan fingerprint density at radius 2 is 0.981 bits per heavy atom. The third-order valence-electron chi connectivity index (χ3n) is 9.93. The van der Waals surface area contributed by atoms with Crippen molar-refractivity contribution >= 4 is 76.1 Å². The standard InChI is InChI=1S/C46H30N4OS/c47-45(29-15-3-1-4-16-29)51-46(48)35-20-8-7-19-31(35)32-23-13-24-33-34-25-14-28-40(44(34)52-43(32)33)50-39-27-12-10-22-37(39)41-42(50)36-21-9-11-26-38(36)49(41)30-17-5-2-6-18-30/h1-28,47-48H. The van der Waals surface area contributed by atoms with Crippen LogP contribution in [0.1, 0.15) is 11.1 Å². The molecule has 0 unspecified atom stereocenters. The first-order valence-electron chi connectivity index (χ1n) is 17.2. The van der Waals surface area contributed by atoms with Gasteiger partial charge in [-0.3, -0.25) is 10.8 Å². The SMILES string of the molecule is N=C(OC(=N)c1ccccc1-c1cccc2c1sc1c(-n3c4ccccc4c4c3c3ccccc3n4-c3ccccc3)cccc12)c1ccccc1. The number of ether oxygens (including phenoxy) is 1. The number of thiophene rings is 1. The van der Waals surface area contributed by atoms with Crippen LogP contribution in [0.4, 0.5) is 0 Å². The van der Waals surface area contributed by atoms with Gasteiger partial charge in [0.1, 0.15) is 0 Å². The van der Waals surface area contributed by atoms with Crippen molar-refractivity contribution < 1.29 is 4.74 Å². The summed E-state index contributed by atoms with van der Waals surface area (Å²) < 4.78 is 13.0. The first-order chi connectivity index (χ1) is 25.7. The molecule has 3 heterocycles. The van der Waals surface area contributed by atoms with Crippen LogP contribution in [0, 0.1) is 10.8 Å². The second kappa shape index (κ2) is 11.9. The first kappa shape index (κ1) is 30.1. The largest absolute Gasteiger partial charge is 0.421 e. The highest BCUT2D eigenvalue weighted by molar-refractivity contribution is 7.26. The Morgan fingerprint density at radius 3 is 1.73 bits per heavy atom. The Hall–Kier alpha value is -6.76. The van der Waals surface area contributed by atoms with Gasteiger partial charge in [-0.05, 0) is 54.1 Å². The zero-order valence-electron chi connectivity index (χ0n) is 27.9. The van der Waals surface area contributed by atoms with E-state index in [0.29, 0.717) is 11.1 Å². The molecule has 0 aliphatic rings. The molecule has 6 heteroatoms. The van der Waals surface area contributed by atoms with E-state index in [1.807, 2.05) is 54.6 Å². The van der Waals surface area contributed by atoms with Gasteiger partial charge in [0.2, 0.25) is 11.8 Å². The first-order valence-corrected chi connectivity index (χ1v) is 18.0. The molecule has 5 nitrogen and oxygen atoms in total. The number of benzene rings is 7. The summed E-state index contributed by atoms with van der Waals surface area (Å²) in [4.78, 5) is 0. The Morgan fingerprint density at radius 1 is 0.442 bits per heavy atom. The number of fused-ring (bicyclic) bond motifs is 8. The molecule has 10 aromatic rings. The maximum Gasteiger partial charge on any atom is 0.221 e. The fraction of sp³-hybridized carbons (Fsp3) is 0. The monoisotopic (exact) mass is 686 g/mol. The second-order valence-corrected chi connectivity index (χ2v) is 13.9. The van der Waals surface area contributed by atoms with E-state index in [1.165, 1.54) is 37.4 Å². The third-order valence-corrected chi connectivity index (χ3v) is 11.2. The van der Waals surface area contributed by atoms with Gasteiger partial charge >= 0.3 is 0 Å². The average Bonchev–Trinajstić information content (AvgIpc) is 3.86. The molecule has 0 bridgehead atoms. The van der Waals surface area contributed by atoms with Crippen LogP contribution in [0.5, 0.6) is 0 Å². The van der Waals surface area contributed by atoms with Crippen molar-refractivity contribution in [3.8, 4) is 22.5 Å². The topological polar surface area (TPSA) is 66.8 Å². The van der Waals surface area contributed by atoms with Gasteiger partial charge < -0.3 is 13.9 Å². The molecular weight excluding hydrogens is 657 g/mol. The molecule has 0 radical (unpaired) electrons. The highest BCUT2D eigenvalue weighted by atomic mass is 32.1. The van der Waals surface area contributed by atoms with E-state index in [-0.39, 0.29) is 11.8 Å². The minimum absolute atomic E-state index is 0.0519. The Kier molecular flexibility index (Phi) is 6.91. The molecule has 3 aromatic heterocycles. The number of hydrogen-bond acceptors (Lipinski definition) is 4. The normalized spacial score (nSPS) is 11.6. The van der Waals surface area contributed by atoms with Gasteiger partial charge in [-0.2, -0.15) is 0 Å². The molecule has 0 fully saturated rings. The summed E-state index contributed by atoms with van der Waals surface area (Å²) in [5.74, 6) is -0.108. The van der Waals surface area contributed by atoms with Crippen LogP contribution in [-0.2, 0) is 4.74 Å². The molecule has 0 aliphatic heterocycles. The maximum absolute atomic E-state index is 8.96. The minimum Gasteiger partial charge on any atom is -0.421 e. The predicted molar refractivity (Wildman–Crippen MR) is 217 cm³/mol. The van der Waals surface area contributed by atoms with E-state index in [1.54, 1.807) is 11.3 Å². The molecule has 0 spiro atoms. The van der Waals surface area contributed by atoms with E-state index in [2.05, 4.69) is 124 Å². The smallest absolute Gasteiger partial charge is 0.221 e. The van der Waals surface area contributed by atoms with Gasteiger partial charge in [0, 0.05) is 48.6 Å². The Labute approximate surface area is 303 Å². The van der Waals surface area contributed by atoms with Gasteiger partial charge in [0.15, 0.2) is 0 Å². The summed E-state index contributed by atoms with van der Waals surface area (Å²) in [6, 6.07) is 58.2. The van der Waals surface area contributed by atoms with Crippen LogP contribution in [-0.4, -0.2) is 20.9 Å². The van der Waals surface area contributed by atoms with Crippen molar-refractivity contribution in [1.29, 1.82) is 10.8 Å². The van der Waals surface area contributed by atoms with Crippen LogP contribution in [0.2, 0.25) is 0 Å². The molecule has 7 aromatic carbocycles. The molecule has 0 amide bonds. The van der Waals surface area contributed by atoms with E-state index >= 15 is 0 Å². The van der Waals surface area contributed by atoms with Crippen molar-refractivity contribution in [1.82, 2.24) is 9.13 Å². The molecule has 0 saturated carbocycles. The van der Waals surface area contributed by atoms with Gasteiger partial charge in [0.05, 0.1) is 32.5 Å². The van der Waals surface area contributed by atoms with Gasteiger partial charge in [-0.15, -0.1) is 11.3 Å². The van der Waals surface area contributed by atoms with Crippen LogP contribution < -0.4 is 0 Å². The van der Waals surface area contributed by atoms with Crippen LogP contribution >= 0.6 is 11.3 Å². The summed E-state index contributed by atoms with van der Waals surface area (Å²) in [5, 5.41) is 22.2. The summed E-state index contributed by atoms with van der Waals surface area (Å²) in [5.41, 5.74) is 10.2. The fourth-order valence-corrected chi connectivity index (χ4v) is 9.03. The van der Waals surface area contributed by atoms with Crippen LogP contribution in [0.3, 0.4) is 0 Å². The van der Waals surface area contributed by atoms with Crippen LogP contribution in [0.25, 0.3) is 75.5 Å². The predicted octanol–water partition coefficient (Wildman–Crippen LogP) is 12.1. The molecule has 2 N–H and O–H groups in total. The Bertz CT molecular complexity index is 3020. The number of aromatic nitrogens is 2. The molecular formula is C46H30N4OS. The zero-order valence-corrected chi connectivity index (χ0v) is 28.7. The summed E-state index contributed by atoms with van der Waals surface area (Å²) >= 11 is 1.78. The Balaban J connectivity index is 1.20. The van der Waals surface area contributed by atoms with Crippen molar-refractivity contribution in [2.75, 3.05) is 0 Å². The molecule has 0 saturated heterocycles. The van der Waals surface area contributed by atoms with Gasteiger partial charge in [0.25, 0.3) is 0 Å². The molecule has 0 aliphatic carbocycles. The second-order valence-electron chi connectivity index (χ2n) is 12.8. The highest BCUT2D eigenvalue weighted by Crippen LogP contribution is 2.46. The lowest BCUT2D eigenvalue weighted by Crippen LogP contribution is -2.13. The lowest BCUT2D eigenvalue weighted by atomic mass is 9.97. The van der Waals surface area contributed by atoms with E-state index in [9.17, 15) is 0 Å². The highest BCUT2D eigenvalue weighted by Gasteiger charge is 2.24. The van der Waals surface area contributed by atoms with Gasteiger partial charge in [-0.1, -0.05) is 121 Å². The molecule has 10 rings (SSSR count). The summed E-state index contributed by atoms with van der Waals surface area (Å²) in [7, 11) is 0. The van der Waals surface area contributed by atoms with Crippen molar-refractivity contribution in [2.24, 2.45) is 0 Å². The quantitative estimate of drug-likeness (QED) is 0.137. The molecule has 0 atom stereocenters. The zero-order chi connectivity index (χ0) is 34.8. The van der Waals surface area contributed by atoms with E-state index < -0.39 is 0 Å². The van der Waals surface area contributed by atoms with Crippen LogP contribution in [0.15, 0.2) is 170 Å². The van der Waals surface area contributed by atoms with Crippen molar-refractivity contribution in [2.45, 2.75) is 0 Å². The molecule has 52 heavy (non-hydrogen) atoms. The summed E-state index contributed by atoms with van der Waals surface area (Å²) in [6.45, 7) is 0. The number of nitrogens with zero attached hydrogens (tertiary/aromatic N) is 2. The summed E-state index contributed by atoms with van der Waals surface area (Å²) in [6.07, 6.45) is 0. The van der Waals surface area contributed by atoms with Crippen molar-refractivity contribution in [3.05, 3.63) is 181 Å². The van der Waals surface area contributed by atoms with E-state index in [4.69, 9.17) is 15.6 Å². The number of nitrogens with one attached hydrogen (secondary N) is 2. The number of rotatable bonds is 5. The minimum atomic E-state index is -0.0562. The van der Waals surface area contributed by atoms with E-state index in [0.717, 1.165) is 38.1 Å². The lowest BCUT2D eigenvalue weighted by Gasteiger charge is -2.13. The third kappa shape index (κ3) is 4.55. The average molecular weight is 687 g/mol. The maximum atomic E-state index is 8.96. The lowest BCUT2D eigenvalue weighted by molar-refractivity contribution is 0.538. The van der Waals surface area contributed by atoms with Gasteiger partial charge in [-0.25, -0.2) is 0 Å².